The predicted molar refractivity (Wildman–Crippen MR) is 59.5 cm³/mol. The largest absolute Gasteiger partial charge is 0.326 e. The van der Waals surface area contributed by atoms with Gasteiger partial charge in [0.1, 0.15) is 0 Å². The van der Waals surface area contributed by atoms with Gasteiger partial charge in [0.2, 0.25) is 5.91 Å². The third kappa shape index (κ3) is 2.87. The molecule has 1 aromatic rings. The fourth-order valence-electron chi connectivity index (χ4n) is 1.39. The predicted octanol–water partition coefficient (Wildman–Crippen LogP) is 2.91. The van der Waals surface area contributed by atoms with Crippen molar-refractivity contribution in [3.63, 3.8) is 0 Å². The number of hydrogen-bond acceptors (Lipinski definition) is 1. The lowest BCUT2D eigenvalue weighted by atomic mass is 10.1. The van der Waals surface area contributed by atoms with Crippen molar-refractivity contribution in [2.45, 2.75) is 33.6 Å². The highest BCUT2D eigenvalue weighted by atomic mass is 16.1. The van der Waals surface area contributed by atoms with Crippen LogP contribution in [0.15, 0.2) is 18.2 Å². The van der Waals surface area contributed by atoms with Gasteiger partial charge in [-0.1, -0.05) is 19.9 Å². The van der Waals surface area contributed by atoms with Crippen LogP contribution in [0.5, 0.6) is 0 Å². The Morgan fingerprint density at radius 3 is 2.57 bits per heavy atom. The van der Waals surface area contributed by atoms with Crippen molar-refractivity contribution in [3.05, 3.63) is 29.3 Å². The molecule has 1 rings (SSSR count). The zero-order valence-electron chi connectivity index (χ0n) is 9.05. The fraction of sp³-hybridized carbons (Fsp3) is 0.417. The van der Waals surface area contributed by atoms with E-state index in [-0.39, 0.29) is 5.91 Å². The monoisotopic (exact) mass is 191 g/mol. The maximum atomic E-state index is 11.2. The van der Waals surface area contributed by atoms with Crippen LogP contribution >= 0.6 is 0 Å². The minimum atomic E-state index is 0.0673. The van der Waals surface area contributed by atoms with Crippen molar-refractivity contribution >= 4 is 11.6 Å². The van der Waals surface area contributed by atoms with E-state index in [1.807, 2.05) is 26.0 Å². The summed E-state index contributed by atoms with van der Waals surface area (Å²) in [5, 5.41) is 2.87. The van der Waals surface area contributed by atoms with Gasteiger partial charge in [-0.2, -0.15) is 0 Å². The number of amides is 1. The van der Waals surface area contributed by atoms with E-state index < -0.39 is 0 Å². The molecule has 0 fully saturated rings. The van der Waals surface area contributed by atoms with E-state index in [0.717, 1.165) is 12.1 Å². The van der Waals surface area contributed by atoms with Gasteiger partial charge in [0, 0.05) is 12.1 Å². The minimum absolute atomic E-state index is 0.0673. The molecule has 0 aliphatic heterocycles. The second-order valence-corrected chi connectivity index (χ2v) is 3.46. The Hall–Kier alpha value is -1.31. The van der Waals surface area contributed by atoms with E-state index in [0.29, 0.717) is 6.42 Å². The molecule has 0 aliphatic carbocycles. The zero-order valence-corrected chi connectivity index (χ0v) is 9.05. The van der Waals surface area contributed by atoms with Crippen molar-refractivity contribution < 1.29 is 4.79 Å². The third-order valence-corrected chi connectivity index (χ3v) is 2.15. The van der Waals surface area contributed by atoms with Gasteiger partial charge in [0.15, 0.2) is 0 Å². The van der Waals surface area contributed by atoms with Gasteiger partial charge in [-0.15, -0.1) is 0 Å². The highest BCUT2D eigenvalue weighted by Gasteiger charge is 2.00. The molecule has 0 unspecified atom stereocenters. The normalized spacial score (nSPS) is 9.93. The Balaban J connectivity index is 2.86. The molecule has 1 amide bonds. The van der Waals surface area contributed by atoms with Crippen LogP contribution < -0.4 is 5.32 Å². The van der Waals surface area contributed by atoms with Crippen LogP contribution in [0, 0.1) is 6.92 Å². The number of carbonyl (C=O) groups excluding carboxylic acids is 1. The van der Waals surface area contributed by atoms with E-state index in [2.05, 4.69) is 18.3 Å². The Bertz CT molecular complexity index is 331. The first kappa shape index (κ1) is 10.8. The third-order valence-electron chi connectivity index (χ3n) is 2.15. The highest BCUT2D eigenvalue weighted by molar-refractivity contribution is 5.90. The number of benzene rings is 1. The number of aryl methyl sites for hydroxylation is 2. The molecule has 0 spiro atoms. The molecule has 14 heavy (non-hydrogen) atoms. The smallest absolute Gasteiger partial charge is 0.224 e. The highest BCUT2D eigenvalue weighted by Crippen LogP contribution is 2.15. The summed E-state index contributed by atoms with van der Waals surface area (Å²) in [6, 6.07) is 6.16. The summed E-state index contributed by atoms with van der Waals surface area (Å²) in [7, 11) is 0. The zero-order chi connectivity index (χ0) is 10.6. The lowest BCUT2D eigenvalue weighted by molar-refractivity contribution is -0.115. The van der Waals surface area contributed by atoms with Crippen LogP contribution in [0.2, 0.25) is 0 Å². The molecule has 1 N–H and O–H groups in total. The van der Waals surface area contributed by atoms with Gasteiger partial charge in [-0.3, -0.25) is 4.79 Å². The van der Waals surface area contributed by atoms with E-state index in [9.17, 15) is 4.79 Å². The van der Waals surface area contributed by atoms with Gasteiger partial charge in [0.25, 0.3) is 0 Å². The molecular formula is C12H17NO. The summed E-state index contributed by atoms with van der Waals surface area (Å²) >= 11 is 0. The molecule has 0 heterocycles. The molecule has 0 saturated carbocycles. The molecule has 1 aromatic carbocycles. The molecule has 0 aromatic heterocycles. The van der Waals surface area contributed by atoms with Crippen molar-refractivity contribution in [2.24, 2.45) is 0 Å². The quantitative estimate of drug-likeness (QED) is 0.782. The molecular weight excluding hydrogens is 174 g/mol. The van der Waals surface area contributed by atoms with E-state index >= 15 is 0 Å². The number of nitrogens with one attached hydrogen (secondary N) is 1. The first-order chi connectivity index (χ1) is 6.65. The Morgan fingerprint density at radius 1 is 1.29 bits per heavy atom. The number of hydrogen-bond donors (Lipinski definition) is 1. The van der Waals surface area contributed by atoms with Crippen LogP contribution in [-0.2, 0) is 11.2 Å². The summed E-state index contributed by atoms with van der Waals surface area (Å²) in [6.45, 7) is 6.01. The summed E-state index contributed by atoms with van der Waals surface area (Å²) in [6.07, 6.45) is 1.52. The Kier molecular flexibility index (Phi) is 3.69. The van der Waals surface area contributed by atoms with Gasteiger partial charge < -0.3 is 5.32 Å². The fourth-order valence-corrected chi connectivity index (χ4v) is 1.39. The topological polar surface area (TPSA) is 29.1 Å². The van der Waals surface area contributed by atoms with Crippen molar-refractivity contribution in [2.75, 3.05) is 5.32 Å². The summed E-state index contributed by atoms with van der Waals surface area (Å²) < 4.78 is 0. The van der Waals surface area contributed by atoms with E-state index in [4.69, 9.17) is 0 Å². The minimum Gasteiger partial charge on any atom is -0.326 e. The lowest BCUT2D eigenvalue weighted by Crippen LogP contribution is -2.09. The van der Waals surface area contributed by atoms with Gasteiger partial charge in [-0.25, -0.2) is 0 Å². The molecule has 76 valence electrons. The van der Waals surface area contributed by atoms with Gasteiger partial charge in [0.05, 0.1) is 0 Å². The maximum Gasteiger partial charge on any atom is 0.224 e. The van der Waals surface area contributed by atoms with E-state index in [1.54, 1.807) is 0 Å². The standard InChI is InChI=1S/C12H17NO/c1-4-10-6-9(3)7-11(8-10)13-12(14)5-2/h6-8H,4-5H2,1-3H3,(H,13,14). The molecule has 2 heteroatoms. The number of rotatable bonds is 3. The molecule has 0 bridgehead atoms. The molecule has 0 radical (unpaired) electrons. The Labute approximate surface area is 85.3 Å². The summed E-state index contributed by atoms with van der Waals surface area (Å²) in [4.78, 5) is 11.2. The van der Waals surface area contributed by atoms with E-state index in [1.165, 1.54) is 11.1 Å². The van der Waals surface area contributed by atoms with Crippen molar-refractivity contribution in [1.82, 2.24) is 0 Å². The number of anilines is 1. The maximum absolute atomic E-state index is 11.2. The number of carbonyl (C=O) groups is 1. The van der Waals surface area contributed by atoms with Gasteiger partial charge in [-0.05, 0) is 36.6 Å². The first-order valence-corrected chi connectivity index (χ1v) is 5.06. The van der Waals surface area contributed by atoms with Crippen LogP contribution in [-0.4, -0.2) is 5.91 Å². The average molecular weight is 191 g/mol. The average Bonchev–Trinajstić information content (AvgIpc) is 2.16. The Morgan fingerprint density at radius 2 is 2.00 bits per heavy atom. The molecule has 2 nitrogen and oxygen atoms in total. The SMILES string of the molecule is CCC(=O)Nc1cc(C)cc(CC)c1. The van der Waals surface area contributed by atoms with Crippen LogP contribution in [0.3, 0.4) is 0 Å². The second kappa shape index (κ2) is 4.80. The van der Waals surface area contributed by atoms with Crippen LogP contribution in [0.25, 0.3) is 0 Å². The molecule has 0 saturated heterocycles. The van der Waals surface area contributed by atoms with Crippen LogP contribution in [0.1, 0.15) is 31.4 Å². The molecule has 0 aliphatic rings. The van der Waals surface area contributed by atoms with Crippen molar-refractivity contribution in [3.8, 4) is 0 Å². The van der Waals surface area contributed by atoms with Gasteiger partial charge >= 0.3 is 0 Å². The van der Waals surface area contributed by atoms with Crippen LogP contribution in [0.4, 0.5) is 5.69 Å². The second-order valence-electron chi connectivity index (χ2n) is 3.46. The molecule has 0 atom stereocenters. The lowest BCUT2D eigenvalue weighted by Gasteiger charge is -2.07. The van der Waals surface area contributed by atoms with Crippen molar-refractivity contribution in [1.29, 1.82) is 0 Å². The summed E-state index contributed by atoms with van der Waals surface area (Å²) in [5.74, 6) is 0.0673. The first-order valence-electron chi connectivity index (χ1n) is 5.06. The summed E-state index contributed by atoms with van der Waals surface area (Å²) in [5.41, 5.74) is 3.36.